The molecule has 0 heterocycles. The third kappa shape index (κ3) is 3.71. The van der Waals surface area contributed by atoms with Crippen molar-refractivity contribution in [2.75, 3.05) is 7.05 Å². The van der Waals surface area contributed by atoms with E-state index in [1.165, 1.54) is 13.1 Å². The van der Waals surface area contributed by atoms with Gasteiger partial charge in [0, 0.05) is 11.9 Å². The monoisotopic (exact) mass is 285 g/mol. The molecular formula is C9H7ClF3NO2S. The Kier molecular flexibility index (Phi) is 4.16. The second-order valence-electron chi connectivity index (χ2n) is 3.01. The van der Waals surface area contributed by atoms with Crippen LogP contribution in [0.2, 0.25) is 5.02 Å². The first kappa shape index (κ1) is 14.0. The molecule has 1 aromatic rings. The number of carbonyl (C=O) groups is 1. The van der Waals surface area contributed by atoms with Crippen LogP contribution in [0.15, 0.2) is 23.1 Å². The van der Waals surface area contributed by atoms with Crippen LogP contribution >= 0.6 is 23.5 Å². The van der Waals surface area contributed by atoms with E-state index in [0.717, 1.165) is 16.4 Å². The maximum Gasteiger partial charge on any atom is 0.417 e. The number of hydrogen-bond acceptors (Lipinski definition) is 2. The summed E-state index contributed by atoms with van der Waals surface area (Å²) in [6, 6.07) is 3.22. The van der Waals surface area contributed by atoms with E-state index in [1.54, 1.807) is 0 Å². The van der Waals surface area contributed by atoms with Gasteiger partial charge in [0.2, 0.25) is 0 Å². The molecule has 1 amide bonds. The van der Waals surface area contributed by atoms with Crippen LogP contribution in [0.3, 0.4) is 0 Å². The zero-order chi connectivity index (χ0) is 13.2. The number of rotatable bonds is 2. The fraction of sp³-hybridized carbons (Fsp3) is 0.222. The van der Waals surface area contributed by atoms with Crippen LogP contribution in [-0.2, 0) is 6.18 Å². The molecule has 1 rings (SSSR count). The van der Waals surface area contributed by atoms with E-state index in [1.807, 2.05) is 0 Å². The van der Waals surface area contributed by atoms with E-state index in [9.17, 15) is 18.0 Å². The van der Waals surface area contributed by atoms with Gasteiger partial charge >= 0.3 is 12.3 Å². The number of hydrogen-bond donors (Lipinski definition) is 1. The van der Waals surface area contributed by atoms with Gasteiger partial charge in [-0.05, 0) is 30.1 Å². The fourth-order valence-electron chi connectivity index (χ4n) is 0.976. The quantitative estimate of drug-likeness (QED) is 0.836. The van der Waals surface area contributed by atoms with Crippen molar-refractivity contribution in [2.45, 2.75) is 11.1 Å². The zero-order valence-corrected chi connectivity index (χ0v) is 10.0. The Morgan fingerprint density at radius 3 is 2.53 bits per heavy atom. The lowest BCUT2D eigenvalue weighted by atomic mass is 10.2. The van der Waals surface area contributed by atoms with Crippen LogP contribution in [0.4, 0.5) is 18.0 Å². The van der Waals surface area contributed by atoms with Crippen molar-refractivity contribution < 1.29 is 23.1 Å². The Bertz CT molecular complexity index is 439. The van der Waals surface area contributed by atoms with Crippen LogP contribution in [-0.4, -0.2) is 22.6 Å². The van der Waals surface area contributed by atoms with Crippen molar-refractivity contribution >= 4 is 29.6 Å². The highest BCUT2D eigenvalue weighted by atomic mass is 35.5. The minimum atomic E-state index is -4.56. The van der Waals surface area contributed by atoms with E-state index in [2.05, 4.69) is 0 Å². The molecule has 0 saturated carbocycles. The predicted molar refractivity (Wildman–Crippen MR) is 58.1 cm³/mol. The number of nitrogens with zero attached hydrogens (tertiary/aromatic N) is 1. The average molecular weight is 286 g/mol. The van der Waals surface area contributed by atoms with Crippen molar-refractivity contribution in [2.24, 2.45) is 0 Å². The topological polar surface area (TPSA) is 40.5 Å². The SMILES string of the molecule is CN(Sc1ccc(Cl)c(C(F)(F)F)c1)C(=O)O. The molecule has 94 valence electrons. The minimum absolute atomic E-state index is 0.145. The van der Waals surface area contributed by atoms with Gasteiger partial charge in [-0.2, -0.15) is 13.2 Å². The number of halogens is 4. The minimum Gasteiger partial charge on any atom is -0.464 e. The van der Waals surface area contributed by atoms with Gasteiger partial charge in [-0.1, -0.05) is 11.6 Å². The average Bonchev–Trinajstić information content (AvgIpc) is 2.19. The van der Waals surface area contributed by atoms with Crippen LogP contribution in [0.1, 0.15) is 5.56 Å². The summed E-state index contributed by atoms with van der Waals surface area (Å²) in [6.45, 7) is 0. The van der Waals surface area contributed by atoms with Gasteiger partial charge in [0.1, 0.15) is 0 Å². The molecule has 0 aliphatic heterocycles. The fourth-order valence-corrected chi connectivity index (χ4v) is 1.89. The third-order valence-corrected chi connectivity index (χ3v) is 2.98. The summed E-state index contributed by atoms with van der Waals surface area (Å²) in [5.74, 6) is 0. The number of benzene rings is 1. The van der Waals surface area contributed by atoms with Gasteiger partial charge < -0.3 is 5.11 Å². The highest BCUT2D eigenvalue weighted by Gasteiger charge is 2.33. The largest absolute Gasteiger partial charge is 0.464 e. The Morgan fingerprint density at radius 2 is 2.06 bits per heavy atom. The summed E-state index contributed by atoms with van der Waals surface area (Å²) < 4.78 is 38.3. The lowest BCUT2D eigenvalue weighted by molar-refractivity contribution is -0.137. The molecule has 0 spiro atoms. The van der Waals surface area contributed by atoms with Gasteiger partial charge in [-0.15, -0.1) is 0 Å². The van der Waals surface area contributed by atoms with E-state index in [0.29, 0.717) is 11.9 Å². The van der Waals surface area contributed by atoms with E-state index >= 15 is 0 Å². The molecule has 8 heteroatoms. The zero-order valence-electron chi connectivity index (χ0n) is 8.45. The molecule has 0 saturated heterocycles. The molecule has 0 aromatic heterocycles. The normalized spacial score (nSPS) is 11.4. The van der Waals surface area contributed by atoms with E-state index in [4.69, 9.17) is 16.7 Å². The molecule has 0 unspecified atom stereocenters. The number of carboxylic acid groups (broad SMARTS) is 1. The van der Waals surface area contributed by atoms with Crippen LogP contribution in [0.25, 0.3) is 0 Å². The first-order chi connectivity index (χ1) is 7.71. The molecule has 0 aliphatic rings. The highest BCUT2D eigenvalue weighted by molar-refractivity contribution is 7.97. The van der Waals surface area contributed by atoms with Gasteiger partial charge in [0.05, 0.1) is 10.6 Å². The van der Waals surface area contributed by atoms with Crippen molar-refractivity contribution in [3.8, 4) is 0 Å². The Labute approximate surface area is 104 Å². The van der Waals surface area contributed by atoms with Crippen molar-refractivity contribution in [1.82, 2.24) is 4.31 Å². The molecule has 0 fully saturated rings. The second-order valence-corrected chi connectivity index (χ2v) is 4.62. The van der Waals surface area contributed by atoms with Gasteiger partial charge in [0.25, 0.3) is 0 Å². The molecule has 3 nitrogen and oxygen atoms in total. The summed E-state index contributed by atoms with van der Waals surface area (Å²) in [5, 5.41) is 8.17. The molecule has 0 radical (unpaired) electrons. The summed E-state index contributed by atoms with van der Waals surface area (Å²) in [7, 11) is 1.23. The van der Waals surface area contributed by atoms with E-state index in [-0.39, 0.29) is 4.90 Å². The van der Waals surface area contributed by atoms with Crippen LogP contribution in [0, 0.1) is 0 Å². The van der Waals surface area contributed by atoms with Crippen molar-refractivity contribution in [1.29, 1.82) is 0 Å². The molecule has 1 N–H and O–H groups in total. The molecule has 0 bridgehead atoms. The summed E-state index contributed by atoms with van der Waals surface area (Å²) >= 11 is 6.09. The maximum absolute atomic E-state index is 12.5. The lowest BCUT2D eigenvalue weighted by Gasteiger charge is -2.14. The van der Waals surface area contributed by atoms with E-state index < -0.39 is 22.9 Å². The Hall–Kier alpha value is -1.08. The van der Waals surface area contributed by atoms with Gasteiger partial charge in [-0.3, -0.25) is 4.31 Å². The highest BCUT2D eigenvalue weighted by Crippen LogP contribution is 2.37. The summed E-state index contributed by atoms with van der Waals surface area (Å²) in [5.41, 5.74) is -0.983. The van der Waals surface area contributed by atoms with Crippen molar-refractivity contribution in [3.05, 3.63) is 28.8 Å². The third-order valence-electron chi connectivity index (χ3n) is 1.75. The first-order valence-corrected chi connectivity index (χ1v) is 5.38. The Balaban J connectivity index is 3.01. The lowest BCUT2D eigenvalue weighted by Crippen LogP contribution is -2.16. The van der Waals surface area contributed by atoms with Crippen LogP contribution < -0.4 is 0 Å². The summed E-state index contributed by atoms with van der Waals surface area (Å²) in [6.07, 6.45) is -5.81. The second kappa shape index (κ2) is 5.05. The molecule has 17 heavy (non-hydrogen) atoms. The van der Waals surface area contributed by atoms with Crippen LogP contribution in [0.5, 0.6) is 0 Å². The number of amides is 1. The standard InChI is InChI=1S/C9H7ClF3NO2S/c1-14(8(15)16)17-5-2-3-7(10)6(4-5)9(11,12)13/h2-4H,1H3,(H,15,16). The predicted octanol–water partition coefficient (Wildman–Crippen LogP) is 3.98. The molecular weight excluding hydrogens is 279 g/mol. The smallest absolute Gasteiger partial charge is 0.417 e. The molecule has 0 atom stereocenters. The molecule has 1 aromatic carbocycles. The van der Waals surface area contributed by atoms with Crippen molar-refractivity contribution in [3.63, 3.8) is 0 Å². The Morgan fingerprint density at radius 1 is 1.47 bits per heavy atom. The first-order valence-electron chi connectivity index (χ1n) is 4.23. The van der Waals surface area contributed by atoms with Gasteiger partial charge in [-0.25, -0.2) is 4.79 Å². The molecule has 0 aliphatic carbocycles. The maximum atomic E-state index is 12.5. The van der Waals surface area contributed by atoms with Gasteiger partial charge in [0.15, 0.2) is 0 Å². The summed E-state index contributed by atoms with van der Waals surface area (Å²) in [4.78, 5) is 10.7. The number of alkyl halides is 3.